The summed E-state index contributed by atoms with van der Waals surface area (Å²) in [5, 5.41) is 1.06. The predicted octanol–water partition coefficient (Wildman–Crippen LogP) is 4.40. The van der Waals surface area contributed by atoms with E-state index in [1.165, 1.54) is 0 Å². The summed E-state index contributed by atoms with van der Waals surface area (Å²) in [6.07, 6.45) is 3.46. The molecule has 2 rings (SSSR count). The lowest BCUT2D eigenvalue weighted by Crippen LogP contribution is -2.01. The minimum atomic E-state index is 0.473. The SMILES string of the molecule is CCCc1nc(-c2ccc(Cl)cn2)nc(Cl)c1I. The van der Waals surface area contributed by atoms with Gasteiger partial charge in [-0.05, 0) is 41.1 Å². The van der Waals surface area contributed by atoms with Crippen molar-refractivity contribution < 1.29 is 0 Å². The van der Waals surface area contributed by atoms with Crippen molar-refractivity contribution in [3.63, 3.8) is 0 Å². The van der Waals surface area contributed by atoms with Crippen LogP contribution in [0.4, 0.5) is 0 Å². The van der Waals surface area contributed by atoms with Crippen LogP contribution >= 0.6 is 45.8 Å². The van der Waals surface area contributed by atoms with Gasteiger partial charge in [-0.2, -0.15) is 0 Å². The van der Waals surface area contributed by atoms with Gasteiger partial charge in [0.05, 0.1) is 14.3 Å². The lowest BCUT2D eigenvalue weighted by Gasteiger charge is -2.07. The average molecular weight is 394 g/mol. The van der Waals surface area contributed by atoms with Crippen LogP contribution in [-0.2, 0) is 6.42 Å². The van der Waals surface area contributed by atoms with Crippen molar-refractivity contribution in [3.8, 4) is 11.5 Å². The fourth-order valence-electron chi connectivity index (χ4n) is 1.49. The molecule has 6 heteroatoms. The third-order valence-corrected chi connectivity index (χ3v) is 4.27. The highest BCUT2D eigenvalue weighted by Gasteiger charge is 2.12. The zero-order chi connectivity index (χ0) is 13.1. The van der Waals surface area contributed by atoms with Crippen LogP contribution in [0.1, 0.15) is 19.0 Å². The van der Waals surface area contributed by atoms with Crippen molar-refractivity contribution in [1.82, 2.24) is 15.0 Å². The Kier molecular flexibility index (Phi) is 4.75. The number of aromatic nitrogens is 3. The minimum absolute atomic E-state index is 0.473. The number of hydrogen-bond acceptors (Lipinski definition) is 3. The average Bonchev–Trinajstić information content (AvgIpc) is 2.36. The molecular formula is C12H10Cl2IN3. The number of nitrogens with zero attached hydrogens (tertiary/aromatic N) is 3. The molecule has 2 heterocycles. The molecule has 2 aromatic heterocycles. The van der Waals surface area contributed by atoms with E-state index in [1.54, 1.807) is 18.3 Å². The summed E-state index contributed by atoms with van der Waals surface area (Å²) < 4.78 is 0.911. The molecular weight excluding hydrogens is 384 g/mol. The van der Waals surface area contributed by atoms with E-state index in [2.05, 4.69) is 44.5 Å². The zero-order valence-electron chi connectivity index (χ0n) is 9.62. The highest BCUT2D eigenvalue weighted by atomic mass is 127. The van der Waals surface area contributed by atoms with Crippen LogP contribution in [0.15, 0.2) is 18.3 Å². The number of aryl methyl sites for hydroxylation is 1. The van der Waals surface area contributed by atoms with Crippen LogP contribution in [0.2, 0.25) is 10.2 Å². The van der Waals surface area contributed by atoms with Gasteiger partial charge in [0.2, 0.25) is 0 Å². The molecule has 0 saturated heterocycles. The lowest BCUT2D eigenvalue weighted by molar-refractivity contribution is 0.866. The van der Waals surface area contributed by atoms with E-state index in [1.807, 2.05) is 0 Å². The van der Waals surface area contributed by atoms with Gasteiger partial charge >= 0.3 is 0 Å². The van der Waals surface area contributed by atoms with Gasteiger partial charge in [-0.25, -0.2) is 9.97 Å². The molecule has 2 aromatic rings. The van der Waals surface area contributed by atoms with Gasteiger partial charge in [-0.1, -0.05) is 36.5 Å². The molecule has 0 saturated carbocycles. The third-order valence-electron chi connectivity index (χ3n) is 2.32. The van der Waals surface area contributed by atoms with Crippen molar-refractivity contribution in [1.29, 1.82) is 0 Å². The molecule has 0 amide bonds. The second-order valence-electron chi connectivity index (χ2n) is 3.71. The fraction of sp³-hybridized carbons (Fsp3) is 0.250. The van der Waals surface area contributed by atoms with E-state index in [0.29, 0.717) is 21.7 Å². The Balaban J connectivity index is 2.48. The van der Waals surface area contributed by atoms with Crippen LogP contribution in [0.3, 0.4) is 0 Å². The minimum Gasteiger partial charge on any atom is -0.251 e. The third kappa shape index (κ3) is 3.10. The van der Waals surface area contributed by atoms with Crippen molar-refractivity contribution in [3.05, 3.63) is 37.8 Å². The van der Waals surface area contributed by atoms with Gasteiger partial charge in [-0.3, -0.25) is 4.98 Å². The van der Waals surface area contributed by atoms with E-state index in [-0.39, 0.29) is 0 Å². The van der Waals surface area contributed by atoms with E-state index < -0.39 is 0 Å². The lowest BCUT2D eigenvalue weighted by atomic mass is 10.2. The van der Waals surface area contributed by atoms with Crippen LogP contribution in [0.25, 0.3) is 11.5 Å². The quantitative estimate of drug-likeness (QED) is 0.572. The maximum absolute atomic E-state index is 6.12. The first-order valence-corrected chi connectivity index (χ1v) is 7.29. The molecule has 0 unspecified atom stereocenters. The summed E-state index contributed by atoms with van der Waals surface area (Å²) in [4.78, 5) is 13.0. The van der Waals surface area contributed by atoms with Crippen molar-refractivity contribution in [2.45, 2.75) is 19.8 Å². The molecule has 0 spiro atoms. The van der Waals surface area contributed by atoms with E-state index in [0.717, 1.165) is 22.1 Å². The first-order chi connectivity index (χ1) is 8.61. The summed E-state index contributed by atoms with van der Waals surface area (Å²) in [6.45, 7) is 2.10. The molecule has 3 nitrogen and oxygen atoms in total. The first kappa shape index (κ1) is 14.0. The number of pyridine rings is 1. The summed E-state index contributed by atoms with van der Waals surface area (Å²) >= 11 is 14.1. The van der Waals surface area contributed by atoms with Crippen LogP contribution < -0.4 is 0 Å². The number of hydrogen-bond donors (Lipinski definition) is 0. The molecule has 0 fully saturated rings. The van der Waals surface area contributed by atoms with Gasteiger partial charge < -0.3 is 0 Å². The molecule has 18 heavy (non-hydrogen) atoms. The second kappa shape index (κ2) is 6.12. The van der Waals surface area contributed by atoms with Gasteiger partial charge in [0.1, 0.15) is 10.8 Å². The van der Waals surface area contributed by atoms with Crippen LogP contribution in [0, 0.1) is 3.57 Å². The van der Waals surface area contributed by atoms with Crippen LogP contribution in [-0.4, -0.2) is 15.0 Å². The Morgan fingerprint density at radius 1 is 1.22 bits per heavy atom. The summed E-state index contributed by atoms with van der Waals surface area (Å²) in [5.74, 6) is 0.542. The normalized spacial score (nSPS) is 10.7. The second-order valence-corrected chi connectivity index (χ2v) is 5.58. The number of rotatable bonds is 3. The van der Waals surface area contributed by atoms with Crippen molar-refractivity contribution in [2.75, 3.05) is 0 Å². The highest BCUT2D eigenvalue weighted by Crippen LogP contribution is 2.24. The summed E-state index contributed by atoms with van der Waals surface area (Å²) in [6, 6.07) is 3.55. The predicted molar refractivity (Wildman–Crippen MR) is 82.0 cm³/mol. The molecule has 0 aliphatic carbocycles. The maximum atomic E-state index is 6.12. The Labute approximate surface area is 129 Å². The zero-order valence-corrected chi connectivity index (χ0v) is 13.3. The Morgan fingerprint density at radius 2 is 2.00 bits per heavy atom. The summed E-state index contributed by atoms with van der Waals surface area (Å²) in [7, 11) is 0. The molecule has 0 bridgehead atoms. The first-order valence-electron chi connectivity index (χ1n) is 5.45. The van der Waals surface area contributed by atoms with Gasteiger partial charge in [0, 0.05) is 6.20 Å². The molecule has 0 N–H and O–H groups in total. The standard InChI is InChI=1S/C12H10Cl2IN3/c1-2-3-8-10(15)11(14)18-12(17-8)9-5-4-7(13)6-16-9/h4-6H,2-3H2,1H3. The van der Waals surface area contributed by atoms with E-state index >= 15 is 0 Å². The van der Waals surface area contributed by atoms with E-state index in [4.69, 9.17) is 23.2 Å². The Morgan fingerprint density at radius 3 is 2.61 bits per heavy atom. The molecule has 0 atom stereocenters. The molecule has 0 aliphatic heterocycles. The Bertz CT molecular complexity index is 558. The van der Waals surface area contributed by atoms with Crippen LogP contribution in [0.5, 0.6) is 0 Å². The number of halogens is 3. The van der Waals surface area contributed by atoms with Crippen molar-refractivity contribution in [2.24, 2.45) is 0 Å². The maximum Gasteiger partial charge on any atom is 0.179 e. The molecule has 0 radical (unpaired) electrons. The highest BCUT2D eigenvalue weighted by molar-refractivity contribution is 14.1. The topological polar surface area (TPSA) is 38.7 Å². The molecule has 0 aliphatic rings. The monoisotopic (exact) mass is 393 g/mol. The smallest absolute Gasteiger partial charge is 0.179 e. The Hall–Kier alpha value is -0.460. The van der Waals surface area contributed by atoms with Gasteiger partial charge in [0.15, 0.2) is 5.82 Å². The summed E-state index contributed by atoms with van der Waals surface area (Å²) in [5.41, 5.74) is 1.64. The van der Waals surface area contributed by atoms with Gasteiger partial charge in [-0.15, -0.1) is 0 Å². The largest absolute Gasteiger partial charge is 0.251 e. The molecule has 94 valence electrons. The molecule has 0 aromatic carbocycles. The fourth-order valence-corrected chi connectivity index (χ4v) is 2.30. The van der Waals surface area contributed by atoms with Crippen molar-refractivity contribution >= 4 is 45.8 Å². The van der Waals surface area contributed by atoms with E-state index in [9.17, 15) is 0 Å². The van der Waals surface area contributed by atoms with Gasteiger partial charge in [0.25, 0.3) is 0 Å².